The van der Waals surface area contributed by atoms with E-state index in [-0.39, 0.29) is 24.9 Å². The Kier molecular flexibility index (Phi) is 8.13. The fourth-order valence-electron chi connectivity index (χ4n) is 1.73. The lowest BCUT2D eigenvalue weighted by Crippen LogP contribution is -2.31. The number of esters is 1. The Morgan fingerprint density at radius 1 is 1.32 bits per heavy atom. The maximum atomic E-state index is 11.7. The molecule has 1 aromatic heterocycles. The van der Waals surface area contributed by atoms with Gasteiger partial charge in [0.05, 0.1) is 12.6 Å². The number of hydrogen-bond acceptors (Lipinski definition) is 6. The van der Waals surface area contributed by atoms with Crippen molar-refractivity contribution in [2.45, 2.75) is 46.1 Å². The molecule has 0 saturated heterocycles. The number of carbonyl (C=O) groups excluding carboxylic acids is 2. The van der Waals surface area contributed by atoms with Crippen molar-refractivity contribution in [2.24, 2.45) is 0 Å². The van der Waals surface area contributed by atoms with Gasteiger partial charge < -0.3 is 14.8 Å². The first-order valence-electron chi connectivity index (χ1n) is 7.55. The summed E-state index contributed by atoms with van der Waals surface area (Å²) in [5.74, 6) is -0.489. The topological polar surface area (TPSA) is 106 Å². The second-order valence-corrected chi connectivity index (χ2v) is 4.81. The number of H-pyrrole nitrogens is 1. The Bertz CT molecular complexity index is 475. The lowest BCUT2D eigenvalue weighted by atomic mass is 10.3. The highest BCUT2D eigenvalue weighted by molar-refractivity contribution is 5.85. The highest BCUT2D eigenvalue weighted by Gasteiger charge is 2.18. The third-order valence-electron chi connectivity index (χ3n) is 2.87. The summed E-state index contributed by atoms with van der Waals surface area (Å²) in [5, 5.41) is 9.10. The molecule has 0 saturated carbocycles. The number of aromatic amines is 1. The van der Waals surface area contributed by atoms with E-state index in [1.807, 2.05) is 0 Å². The summed E-state index contributed by atoms with van der Waals surface area (Å²) in [6.45, 7) is 6.39. The molecule has 8 heteroatoms. The first kappa shape index (κ1) is 18.1. The van der Waals surface area contributed by atoms with E-state index in [0.29, 0.717) is 12.4 Å². The molecule has 1 rings (SSSR count). The normalized spacial score (nSPS) is 12.0. The molecule has 0 aromatic carbocycles. The van der Waals surface area contributed by atoms with Crippen molar-refractivity contribution < 1.29 is 19.1 Å². The molecule has 0 bridgehead atoms. The van der Waals surface area contributed by atoms with Crippen molar-refractivity contribution >= 4 is 11.9 Å². The number of unbranched alkanes of at least 4 members (excludes halogenated alkanes) is 2. The molecule has 0 radical (unpaired) electrons. The number of aromatic nitrogens is 3. The van der Waals surface area contributed by atoms with Crippen molar-refractivity contribution in [3.63, 3.8) is 0 Å². The van der Waals surface area contributed by atoms with Crippen LogP contribution in [-0.2, 0) is 14.3 Å². The number of nitrogens with one attached hydrogen (secondary N) is 2. The second kappa shape index (κ2) is 9.88. The summed E-state index contributed by atoms with van der Waals surface area (Å²) in [6.07, 6.45) is 3.15. The summed E-state index contributed by atoms with van der Waals surface area (Å²) in [5.41, 5.74) is 0. The fraction of sp³-hybridized carbons (Fsp3) is 0.714. The van der Waals surface area contributed by atoms with Crippen LogP contribution >= 0.6 is 0 Å². The van der Waals surface area contributed by atoms with E-state index in [4.69, 9.17) is 9.47 Å². The minimum atomic E-state index is -0.595. The highest BCUT2D eigenvalue weighted by Crippen LogP contribution is 2.06. The van der Waals surface area contributed by atoms with Crippen LogP contribution in [0, 0.1) is 0 Å². The molecule has 1 unspecified atom stereocenters. The summed E-state index contributed by atoms with van der Waals surface area (Å²) >= 11 is 0. The van der Waals surface area contributed by atoms with Gasteiger partial charge in [0.1, 0.15) is 12.4 Å². The van der Waals surface area contributed by atoms with E-state index in [1.54, 1.807) is 13.8 Å². The zero-order valence-electron chi connectivity index (χ0n) is 13.3. The molecule has 2 N–H and O–H groups in total. The summed E-state index contributed by atoms with van der Waals surface area (Å²) in [4.78, 5) is 27.2. The average Bonchev–Trinajstić information content (AvgIpc) is 2.97. The molecule has 0 aliphatic heterocycles. The van der Waals surface area contributed by atoms with Crippen molar-refractivity contribution in [2.75, 3.05) is 19.8 Å². The summed E-state index contributed by atoms with van der Waals surface area (Å²) < 4.78 is 10.1. The Morgan fingerprint density at radius 3 is 2.77 bits per heavy atom. The van der Waals surface area contributed by atoms with Crippen LogP contribution in [0.5, 0.6) is 0 Å². The van der Waals surface area contributed by atoms with Gasteiger partial charge in [-0.15, -0.1) is 5.10 Å². The Morgan fingerprint density at radius 2 is 2.09 bits per heavy atom. The largest absolute Gasteiger partial charge is 0.460 e. The number of nitrogens with zero attached hydrogens (tertiary/aromatic N) is 2. The fourth-order valence-corrected chi connectivity index (χ4v) is 1.73. The molecule has 22 heavy (non-hydrogen) atoms. The lowest BCUT2D eigenvalue weighted by molar-refractivity contribution is -0.126. The molecule has 1 heterocycles. The predicted octanol–water partition coefficient (Wildman–Crippen LogP) is 1.37. The minimum Gasteiger partial charge on any atom is -0.460 e. The van der Waals surface area contributed by atoms with E-state index in [1.165, 1.54) is 0 Å². The Hall–Kier alpha value is -1.96. The van der Waals surface area contributed by atoms with Gasteiger partial charge in [0.2, 0.25) is 5.91 Å². The molecule has 0 spiro atoms. The Labute approximate surface area is 130 Å². The zero-order valence-corrected chi connectivity index (χ0v) is 13.3. The molecule has 0 aliphatic carbocycles. The van der Waals surface area contributed by atoms with Gasteiger partial charge in [-0.05, 0) is 20.3 Å². The van der Waals surface area contributed by atoms with Gasteiger partial charge >= 0.3 is 5.97 Å². The minimum absolute atomic E-state index is 0.00687. The predicted molar refractivity (Wildman–Crippen MR) is 79.2 cm³/mol. The monoisotopic (exact) mass is 312 g/mol. The quantitative estimate of drug-likeness (QED) is 0.499. The van der Waals surface area contributed by atoms with E-state index >= 15 is 0 Å². The van der Waals surface area contributed by atoms with Crippen LogP contribution in [0.2, 0.25) is 0 Å². The summed E-state index contributed by atoms with van der Waals surface area (Å²) in [7, 11) is 0. The van der Waals surface area contributed by atoms with Crippen molar-refractivity contribution in [3.8, 4) is 0 Å². The molecular formula is C14H24N4O4. The van der Waals surface area contributed by atoms with E-state index in [0.717, 1.165) is 19.3 Å². The smallest absolute Gasteiger partial charge is 0.378 e. The number of carbonyl (C=O) groups is 2. The SMILES string of the molecule is CCCCCOCC(=O)NC(C)c1nc(C(=O)OCC)n[nH]1. The van der Waals surface area contributed by atoms with Crippen LogP contribution in [-0.4, -0.2) is 46.9 Å². The standard InChI is InChI=1S/C14H24N4O4/c1-4-6-7-8-21-9-11(19)15-10(3)12-16-13(18-17-12)14(20)22-5-2/h10H,4-9H2,1-3H3,(H,15,19)(H,16,17,18). The van der Waals surface area contributed by atoms with Crippen molar-refractivity contribution in [3.05, 3.63) is 11.6 Å². The highest BCUT2D eigenvalue weighted by atomic mass is 16.5. The zero-order chi connectivity index (χ0) is 16.4. The lowest BCUT2D eigenvalue weighted by Gasteiger charge is -2.11. The van der Waals surface area contributed by atoms with Gasteiger partial charge in [-0.1, -0.05) is 19.8 Å². The maximum Gasteiger partial charge on any atom is 0.378 e. The molecule has 124 valence electrons. The molecule has 0 aliphatic rings. The van der Waals surface area contributed by atoms with Crippen LogP contribution in [0.25, 0.3) is 0 Å². The van der Waals surface area contributed by atoms with Gasteiger partial charge in [-0.2, -0.15) is 0 Å². The molecular weight excluding hydrogens is 288 g/mol. The number of hydrogen-bond donors (Lipinski definition) is 2. The molecule has 1 amide bonds. The van der Waals surface area contributed by atoms with Crippen LogP contribution < -0.4 is 5.32 Å². The number of amides is 1. The van der Waals surface area contributed by atoms with Gasteiger partial charge in [0.25, 0.3) is 5.82 Å². The van der Waals surface area contributed by atoms with Gasteiger partial charge in [0, 0.05) is 6.61 Å². The molecule has 8 nitrogen and oxygen atoms in total. The van der Waals surface area contributed by atoms with Crippen LogP contribution in [0.1, 0.15) is 62.5 Å². The van der Waals surface area contributed by atoms with Crippen LogP contribution in [0.4, 0.5) is 0 Å². The summed E-state index contributed by atoms with van der Waals surface area (Å²) in [6, 6.07) is -0.401. The third-order valence-corrected chi connectivity index (χ3v) is 2.87. The van der Waals surface area contributed by atoms with Gasteiger partial charge in [0.15, 0.2) is 0 Å². The van der Waals surface area contributed by atoms with E-state index < -0.39 is 12.0 Å². The number of rotatable bonds is 10. The third kappa shape index (κ3) is 6.21. The number of ether oxygens (including phenoxy) is 2. The Balaban J connectivity index is 2.36. The second-order valence-electron chi connectivity index (χ2n) is 4.81. The molecule has 1 aromatic rings. The first-order valence-corrected chi connectivity index (χ1v) is 7.55. The first-order chi connectivity index (χ1) is 10.6. The molecule has 1 atom stereocenters. The van der Waals surface area contributed by atoms with Crippen molar-refractivity contribution in [1.82, 2.24) is 20.5 Å². The van der Waals surface area contributed by atoms with E-state index in [9.17, 15) is 9.59 Å². The van der Waals surface area contributed by atoms with Gasteiger partial charge in [-0.3, -0.25) is 9.89 Å². The van der Waals surface area contributed by atoms with Crippen molar-refractivity contribution in [1.29, 1.82) is 0 Å². The van der Waals surface area contributed by atoms with Crippen LogP contribution in [0.15, 0.2) is 0 Å². The van der Waals surface area contributed by atoms with E-state index in [2.05, 4.69) is 27.4 Å². The van der Waals surface area contributed by atoms with Crippen LogP contribution in [0.3, 0.4) is 0 Å². The average molecular weight is 312 g/mol. The maximum absolute atomic E-state index is 11.7. The molecule has 0 fully saturated rings. The van der Waals surface area contributed by atoms with Gasteiger partial charge in [-0.25, -0.2) is 9.78 Å².